The number of nitro groups is 1. The molecule has 148 valence electrons. The van der Waals surface area contributed by atoms with E-state index in [9.17, 15) is 19.7 Å². The number of rotatable bonds is 8. The highest BCUT2D eigenvalue weighted by atomic mass is 32.2. The van der Waals surface area contributed by atoms with Crippen molar-refractivity contribution in [3.05, 3.63) is 63.2 Å². The van der Waals surface area contributed by atoms with E-state index in [4.69, 9.17) is 4.74 Å². The number of carbonyl (C=O) groups is 2. The Balaban J connectivity index is 1.76. The largest absolute Gasteiger partial charge is 0.456 e. The van der Waals surface area contributed by atoms with Crippen LogP contribution in [-0.2, 0) is 14.3 Å². The fourth-order valence-electron chi connectivity index (χ4n) is 2.32. The molecule has 7 nitrogen and oxygen atoms in total. The number of hydrogen-bond acceptors (Lipinski definition) is 6. The van der Waals surface area contributed by atoms with Crippen LogP contribution in [0.3, 0.4) is 0 Å². The van der Waals surface area contributed by atoms with Crippen molar-refractivity contribution in [3.8, 4) is 0 Å². The minimum atomic E-state index is -0.543. The zero-order valence-electron chi connectivity index (χ0n) is 16.0. The average molecular weight is 402 g/mol. The van der Waals surface area contributed by atoms with Crippen LogP contribution in [0.25, 0.3) is 0 Å². The Hall–Kier alpha value is -2.87. The molecule has 0 spiro atoms. The first-order valence-corrected chi connectivity index (χ1v) is 9.65. The number of thioether (sulfide) groups is 1. The van der Waals surface area contributed by atoms with Crippen molar-refractivity contribution in [2.75, 3.05) is 17.7 Å². The summed E-state index contributed by atoms with van der Waals surface area (Å²) in [5, 5.41) is 13.4. The van der Waals surface area contributed by atoms with Gasteiger partial charge in [-0.05, 0) is 49.6 Å². The van der Waals surface area contributed by atoms with E-state index in [2.05, 4.69) is 11.4 Å². The molecule has 2 aromatic carbocycles. The second-order valence-electron chi connectivity index (χ2n) is 6.31. The molecule has 0 aromatic heterocycles. The molecule has 0 heterocycles. The number of nitrogens with zero attached hydrogens (tertiary/aromatic N) is 1. The highest BCUT2D eigenvalue weighted by Crippen LogP contribution is 2.23. The van der Waals surface area contributed by atoms with Gasteiger partial charge in [0, 0.05) is 22.8 Å². The fourth-order valence-corrected chi connectivity index (χ4v) is 3.25. The molecular weight excluding hydrogens is 380 g/mol. The summed E-state index contributed by atoms with van der Waals surface area (Å²) in [6.07, 6.45) is 0.181. The quantitative estimate of drug-likeness (QED) is 0.308. The second-order valence-corrected chi connectivity index (χ2v) is 7.48. The molecule has 28 heavy (non-hydrogen) atoms. The number of amides is 1. The first-order chi connectivity index (χ1) is 13.3. The van der Waals surface area contributed by atoms with Crippen LogP contribution < -0.4 is 5.32 Å². The summed E-state index contributed by atoms with van der Waals surface area (Å²) < 4.78 is 4.98. The number of esters is 1. The van der Waals surface area contributed by atoms with E-state index in [1.54, 1.807) is 24.8 Å². The Bertz CT molecular complexity index is 898. The summed E-state index contributed by atoms with van der Waals surface area (Å²) in [5.41, 5.74) is 3.28. The van der Waals surface area contributed by atoms with E-state index in [0.717, 1.165) is 4.90 Å². The van der Waals surface area contributed by atoms with Crippen LogP contribution in [0.4, 0.5) is 11.4 Å². The van der Waals surface area contributed by atoms with Gasteiger partial charge in [0.25, 0.3) is 11.6 Å². The van der Waals surface area contributed by atoms with Gasteiger partial charge in [0.05, 0.1) is 17.0 Å². The molecule has 2 aromatic rings. The Morgan fingerprint density at radius 3 is 2.46 bits per heavy atom. The standard InChI is InChI=1S/C20H22N2O5S/c1-13-5-7-17(10-15(13)3)28-9-8-20(24)27-12-19(23)21-18-11-16(22(25)26)6-4-14(18)2/h4-7,10-11H,8-9,12H2,1-3H3,(H,21,23). The monoisotopic (exact) mass is 402 g/mol. The van der Waals surface area contributed by atoms with Gasteiger partial charge in [-0.2, -0.15) is 0 Å². The number of nitrogens with one attached hydrogen (secondary N) is 1. The number of aryl methyl sites for hydroxylation is 3. The van der Waals surface area contributed by atoms with Crippen molar-refractivity contribution >= 4 is 35.0 Å². The van der Waals surface area contributed by atoms with Gasteiger partial charge in [-0.25, -0.2) is 0 Å². The lowest BCUT2D eigenvalue weighted by atomic mass is 10.1. The van der Waals surface area contributed by atoms with Gasteiger partial charge in [-0.1, -0.05) is 12.1 Å². The Morgan fingerprint density at radius 1 is 1.07 bits per heavy atom. The van der Waals surface area contributed by atoms with Crippen molar-refractivity contribution in [1.82, 2.24) is 0 Å². The van der Waals surface area contributed by atoms with E-state index in [1.807, 2.05) is 26.0 Å². The minimum absolute atomic E-state index is 0.124. The van der Waals surface area contributed by atoms with Crippen molar-refractivity contribution in [2.24, 2.45) is 0 Å². The molecule has 0 atom stereocenters. The number of non-ortho nitro benzene ring substituents is 1. The smallest absolute Gasteiger partial charge is 0.307 e. The normalized spacial score (nSPS) is 10.4. The summed E-state index contributed by atoms with van der Waals surface area (Å²) in [4.78, 5) is 35.1. The van der Waals surface area contributed by atoms with Gasteiger partial charge in [0.1, 0.15) is 0 Å². The van der Waals surface area contributed by atoms with Gasteiger partial charge >= 0.3 is 5.97 Å². The number of nitro benzene ring substituents is 1. The Labute approximate surface area is 167 Å². The van der Waals surface area contributed by atoms with Gasteiger partial charge in [0.15, 0.2) is 6.61 Å². The summed E-state index contributed by atoms with van der Waals surface area (Å²) in [7, 11) is 0. The molecule has 2 rings (SSSR count). The highest BCUT2D eigenvalue weighted by Gasteiger charge is 2.13. The lowest BCUT2D eigenvalue weighted by molar-refractivity contribution is -0.384. The third-order valence-corrected chi connectivity index (χ3v) is 5.12. The molecule has 8 heteroatoms. The predicted molar refractivity (Wildman–Crippen MR) is 109 cm³/mol. The number of benzene rings is 2. The summed E-state index contributed by atoms with van der Waals surface area (Å²) in [5.74, 6) is -0.464. The number of hydrogen-bond donors (Lipinski definition) is 1. The molecule has 0 aliphatic rings. The van der Waals surface area contributed by atoms with Crippen LogP contribution in [0.15, 0.2) is 41.3 Å². The maximum atomic E-state index is 12.0. The summed E-state index contributed by atoms with van der Waals surface area (Å²) in [6.45, 7) is 5.36. The molecule has 0 aliphatic heterocycles. The van der Waals surface area contributed by atoms with Crippen LogP contribution in [0.2, 0.25) is 0 Å². The fraction of sp³-hybridized carbons (Fsp3) is 0.300. The highest BCUT2D eigenvalue weighted by molar-refractivity contribution is 7.99. The third kappa shape index (κ3) is 6.38. The van der Waals surface area contributed by atoms with Crippen LogP contribution >= 0.6 is 11.8 Å². The molecule has 1 amide bonds. The van der Waals surface area contributed by atoms with E-state index in [0.29, 0.717) is 17.0 Å². The topological polar surface area (TPSA) is 98.5 Å². The molecule has 0 radical (unpaired) electrons. The van der Waals surface area contributed by atoms with Crippen molar-refractivity contribution < 1.29 is 19.2 Å². The molecule has 0 unspecified atom stereocenters. The van der Waals surface area contributed by atoms with E-state index >= 15 is 0 Å². The zero-order chi connectivity index (χ0) is 20.7. The molecule has 0 aliphatic carbocycles. The number of carbonyl (C=O) groups excluding carboxylic acids is 2. The Morgan fingerprint density at radius 2 is 1.79 bits per heavy atom. The first-order valence-electron chi connectivity index (χ1n) is 8.67. The van der Waals surface area contributed by atoms with Crippen LogP contribution in [0.5, 0.6) is 0 Å². The molecule has 0 fully saturated rings. The number of ether oxygens (including phenoxy) is 1. The molecular formula is C20H22N2O5S. The zero-order valence-corrected chi connectivity index (χ0v) is 16.8. The van der Waals surface area contributed by atoms with E-state index < -0.39 is 23.4 Å². The van der Waals surface area contributed by atoms with Gasteiger partial charge < -0.3 is 10.1 Å². The van der Waals surface area contributed by atoms with Crippen molar-refractivity contribution in [1.29, 1.82) is 0 Å². The van der Waals surface area contributed by atoms with Gasteiger partial charge in [-0.15, -0.1) is 11.8 Å². The average Bonchev–Trinajstić information content (AvgIpc) is 2.64. The molecule has 1 N–H and O–H groups in total. The molecule has 0 bridgehead atoms. The van der Waals surface area contributed by atoms with E-state index in [-0.39, 0.29) is 12.1 Å². The minimum Gasteiger partial charge on any atom is -0.456 e. The summed E-state index contributed by atoms with van der Waals surface area (Å²) >= 11 is 1.55. The van der Waals surface area contributed by atoms with Crippen molar-refractivity contribution in [2.45, 2.75) is 32.1 Å². The maximum Gasteiger partial charge on any atom is 0.307 e. The third-order valence-electron chi connectivity index (χ3n) is 4.12. The second kappa shape index (κ2) is 9.89. The van der Waals surface area contributed by atoms with E-state index in [1.165, 1.54) is 23.3 Å². The maximum absolute atomic E-state index is 12.0. The molecule has 0 saturated heterocycles. The predicted octanol–water partition coefficient (Wildman–Crippen LogP) is 4.18. The first kappa shape index (κ1) is 21.4. The lowest BCUT2D eigenvalue weighted by Crippen LogP contribution is -2.21. The van der Waals surface area contributed by atoms with Crippen molar-refractivity contribution in [3.63, 3.8) is 0 Å². The van der Waals surface area contributed by atoms with Crippen LogP contribution in [0, 0.1) is 30.9 Å². The number of anilines is 1. The molecule has 0 saturated carbocycles. The van der Waals surface area contributed by atoms with Gasteiger partial charge in [-0.3, -0.25) is 19.7 Å². The van der Waals surface area contributed by atoms with Crippen LogP contribution in [-0.4, -0.2) is 29.2 Å². The SMILES string of the molecule is Cc1ccc(SCCC(=O)OCC(=O)Nc2cc([N+](=O)[O-])ccc2C)cc1C. The Kier molecular flexibility index (Phi) is 7.57. The van der Waals surface area contributed by atoms with Gasteiger partial charge in [0.2, 0.25) is 0 Å². The van der Waals surface area contributed by atoms with Crippen LogP contribution in [0.1, 0.15) is 23.1 Å². The summed E-state index contributed by atoms with van der Waals surface area (Å²) in [6, 6.07) is 10.3. The lowest BCUT2D eigenvalue weighted by Gasteiger charge is -2.09.